The van der Waals surface area contributed by atoms with E-state index in [-0.39, 0.29) is 65.9 Å². The van der Waals surface area contributed by atoms with Crippen LogP contribution in [0, 0.1) is 17.5 Å². The average molecular weight is 712 g/mol. The van der Waals surface area contributed by atoms with Gasteiger partial charge in [-0.15, -0.1) is 0 Å². The molecule has 0 spiro atoms. The van der Waals surface area contributed by atoms with Gasteiger partial charge in [-0.05, 0) is 56.3 Å². The molecular formula is C34H36F3N7O7. The summed E-state index contributed by atoms with van der Waals surface area (Å²) in [7, 11) is 4.03. The van der Waals surface area contributed by atoms with E-state index in [1.807, 2.05) is 0 Å². The normalized spacial score (nSPS) is 14.0. The molecule has 0 radical (unpaired) electrons. The fraction of sp³-hybridized carbons (Fsp3) is 0.324. The summed E-state index contributed by atoms with van der Waals surface area (Å²) in [5, 5.41) is 6.52. The molecule has 2 N–H and O–H groups in total. The van der Waals surface area contributed by atoms with Gasteiger partial charge in [0.15, 0.2) is 17.5 Å². The van der Waals surface area contributed by atoms with Gasteiger partial charge in [0.05, 0.1) is 57.1 Å². The van der Waals surface area contributed by atoms with Crippen molar-refractivity contribution < 1.29 is 41.8 Å². The summed E-state index contributed by atoms with van der Waals surface area (Å²) < 4.78 is 59.4. The van der Waals surface area contributed by atoms with Crippen molar-refractivity contribution in [1.29, 1.82) is 0 Å². The van der Waals surface area contributed by atoms with Gasteiger partial charge in [0.2, 0.25) is 5.91 Å². The Morgan fingerprint density at radius 3 is 2.18 bits per heavy atom. The van der Waals surface area contributed by atoms with Gasteiger partial charge in [-0.25, -0.2) is 32.4 Å². The van der Waals surface area contributed by atoms with Crippen molar-refractivity contribution in [2.24, 2.45) is 0 Å². The predicted octanol–water partition coefficient (Wildman–Crippen LogP) is 4.16. The number of rotatable bonds is 9. The summed E-state index contributed by atoms with van der Waals surface area (Å²) in [4.78, 5) is 60.5. The van der Waals surface area contributed by atoms with Gasteiger partial charge in [0, 0.05) is 30.9 Å². The molecule has 1 saturated heterocycles. The number of halogens is 3. The second-order valence-corrected chi connectivity index (χ2v) is 11.5. The highest BCUT2D eigenvalue weighted by Crippen LogP contribution is 2.37. The molecule has 2 atom stereocenters. The second-order valence-electron chi connectivity index (χ2n) is 11.5. The van der Waals surface area contributed by atoms with E-state index in [2.05, 4.69) is 20.4 Å². The van der Waals surface area contributed by atoms with Crippen molar-refractivity contribution >= 4 is 40.3 Å². The minimum Gasteiger partial charge on any atom is -0.497 e. The summed E-state index contributed by atoms with van der Waals surface area (Å²) in [6.45, 7) is 3.49. The van der Waals surface area contributed by atoms with Crippen molar-refractivity contribution in [3.63, 3.8) is 0 Å². The van der Waals surface area contributed by atoms with Crippen LogP contribution in [0.1, 0.15) is 25.7 Å². The lowest BCUT2D eigenvalue weighted by Gasteiger charge is -2.39. The van der Waals surface area contributed by atoms with Crippen LogP contribution in [-0.2, 0) is 9.53 Å². The molecule has 4 aromatic rings. The number of benzene rings is 3. The van der Waals surface area contributed by atoms with Crippen LogP contribution in [0.2, 0.25) is 0 Å². The number of nitrogens with one attached hydrogen (secondary N) is 2. The van der Waals surface area contributed by atoms with Gasteiger partial charge in [-0.1, -0.05) is 0 Å². The minimum atomic E-state index is -1.25. The van der Waals surface area contributed by atoms with E-state index in [0.29, 0.717) is 5.75 Å². The van der Waals surface area contributed by atoms with E-state index >= 15 is 0 Å². The smallest absolute Gasteiger partial charge is 0.407 e. The molecule has 1 unspecified atom stereocenters. The summed E-state index contributed by atoms with van der Waals surface area (Å²) in [6, 6.07) is 8.60. The van der Waals surface area contributed by atoms with Crippen molar-refractivity contribution in [1.82, 2.24) is 19.9 Å². The molecule has 1 aliphatic heterocycles. The number of urea groups is 1. The molecule has 3 aromatic carbocycles. The van der Waals surface area contributed by atoms with Crippen molar-refractivity contribution in [3.05, 3.63) is 88.2 Å². The van der Waals surface area contributed by atoms with Crippen LogP contribution in [0.5, 0.6) is 11.5 Å². The molecule has 270 valence electrons. The number of carbonyl (C=O) groups is 3. The van der Waals surface area contributed by atoms with Crippen molar-refractivity contribution in [3.8, 4) is 11.5 Å². The zero-order valence-corrected chi connectivity index (χ0v) is 28.4. The fourth-order valence-corrected chi connectivity index (χ4v) is 5.73. The molecule has 1 aliphatic rings. The standard InChI is InChI=1S/C34H36F3N7O7/c1-19(38-34(48)51-5)31(45)41-12-14-42(15-13-41)44-30(40-27-18-26(37)25(36)17-24(27)32(44)46)20(2)43(28-11-10-23(49-3)16-29(28)50-4)33(47)39-22-8-6-21(35)7-9-22/h6-11,16-20H,12-15H2,1-5H3,(H,38,48)(H,39,47)/t19-,20?/m0/s1. The first kappa shape index (κ1) is 36.3. The maximum absolute atomic E-state index is 14.5. The first-order valence-electron chi connectivity index (χ1n) is 15.7. The molecule has 0 bridgehead atoms. The first-order chi connectivity index (χ1) is 24.4. The molecule has 4 amide bonds. The number of fused-ring (bicyclic) bond motifs is 1. The van der Waals surface area contributed by atoms with Gasteiger partial charge in [-0.3, -0.25) is 14.5 Å². The van der Waals surface area contributed by atoms with Gasteiger partial charge < -0.3 is 34.8 Å². The Kier molecular flexibility index (Phi) is 10.9. The lowest BCUT2D eigenvalue weighted by atomic mass is 10.1. The van der Waals surface area contributed by atoms with E-state index in [4.69, 9.17) is 9.47 Å². The number of nitrogens with zero attached hydrogens (tertiary/aromatic N) is 5. The van der Waals surface area contributed by atoms with Crippen molar-refractivity contribution in [2.45, 2.75) is 25.9 Å². The molecule has 1 aromatic heterocycles. The Morgan fingerprint density at radius 2 is 1.55 bits per heavy atom. The number of anilines is 2. The third-order valence-corrected chi connectivity index (χ3v) is 8.38. The monoisotopic (exact) mass is 711 g/mol. The molecule has 51 heavy (non-hydrogen) atoms. The maximum Gasteiger partial charge on any atom is 0.407 e. The Bertz CT molecular complexity index is 2000. The van der Waals surface area contributed by atoms with Gasteiger partial charge >= 0.3 is 12.1 Å². The summed E-state index contributed by atoms with van der Waals surface area (Å²) in [6.07, 6.45) is -0.771. The summed E-state index contributed by atoms with van der Waals surface area (Å²) in [5.74, 6) is -2.78. The van der Waals surface area contributed by atoms with E-state index in [0.717, 1.165) is 12.1 Å². The third kappa shape index (κ3) is 7.61. The molecule has 5 rings (SSSR count). The molecular weight excluding hydrogens is 675 g/mol. The number of alkyl carbamates (subject to hydrolysis) is 1. The highest BCUT2D eigenvalue weighted by molar-refractivity contribution is 6.03. The van der Waals surface area contributed by atoms with E-state index in [1.54, 1.807) is 30.1 Å². The van der Waals surface area contributed by atoms with Crippen molar-refractivity contribution in [2.75, 3.05) is 62.7 Å². The van der Waals surface area contributed by atoms with Crippen LogP contribution in [-0.4, -0.2) is 86.1 Å². The predicted molar refractivity (Wildman–Crippen MR) is 181 cm³/mol. The van der Waals surface area contributed by atoms with Crippen LogP contribution in [0.4, 0.5) is 34.1 Å². The zero-order valence-electron chi connectivity index (χ0n) is 28.4. The van der Waals surface area contributed by atoms with Crippen LogP contribution < -0.4 is 35.6 Å². The second kappa shape index (κ2) is 15.3. The van der Waals surface area contributed by atoms with E-state index in [9.17, 15) is 32.3 Å². The van der Waals surface area contributed by atoms with Crippen LogP contribution in [0.15, 0.2) is 59.4 Å². The lowest BCUT2D eigenvalue weighted by molar-refractivity contribution is -0.133. The number of ether oxygens (including phenoxy) is 3. The molecule has 0 aliphatic carbocycles. The quantitative estimate of drug-likeness (QED) is 0.261. The lowest BCUT2D eigenvalue weighted by Crippen LogP contribution is -2.59. The Hall–Kier alpha value is -6.00. The molecule has 1 fully saturated rings. The highest BCUT2D eigenvalue weighted by Gasteiger charge is 2.34. The number of piperazine rings is 1. The highest BCUT2D eigenvalue weighted by atomic mass is 19.2. The number of carbonyl (C=O) groups excluding carboxylic acids is 3. The fourth-order valence-electron chi connectivity index (χ4n) is 5.73. The number of methoxy groups -OCH3 is 3. The zero-order chi connectivity index (χ0) is 37.0. The Balaban J connectivity index is 1.61. The number of aromatic nitrogens is 2. The number of hydrogen-bond donors (Lipinski definition) is 2. The number of hydrogen-bond acceptors (Lipinski definition) is 9. The van der Waals surface area contributed by atoms with Crippen LogP contribution >= 0.6 is 0 Å². The first-order valence-corrected chi connectivity index (χ1v) is 15.7. The molecule has 2 heterocycles. The minimum absolute atomic E-state index is 0.0360. The van der Waals surface area contributed by atoms with Crippen LogP contribution in [0.25, 0.3) is 10.9 Å². The van der Waals surface area contributed by atoms with E-state index in [1.165, 1.54) is 67.0 Å². The number of amides is 4. The molecule has 0 saturated carbocycles. The topological polar surface area (TPSA) is 148 Å². The van der Waals surface area contributed by atoms with E-state index < -0.39 is 47.2 Å². The third-order valence-electron chi connectivity index (χ3n) is 8.38. The molecule has 14 nitrogen and oxygen atoms in total. The summed E-state index contributed by atoms with van der Waals surface area (Å²) >= 11 is 0. The van der Waals surface area contributed by atoms with Crippen LogP contribution in [0.3, 0.4) is 0 Å². The largest absolute Gasteiger partial charge is 0.497 e. The van der Waals surface area contributed by atoms with Gasteiger partial charge in [-0.2, -0.15) is 0 Å². The Morgan fingerprint density at radius 1 is 0.882 bits per heavy atom. The SMILES string of the molecule is COC(=O)N[C@@H](C)C(=O)N1CCN(n2c(C(C)N(C(=O)Nc3ccc(F)cc3)c3ccc(OC)cc3OC)nc3cc(F)c(F)cc3c2=O)CC1. The maximum atomic E-state index is 14.5. The van der Waals surface area contributed by atoms with Gasteiger partial charge in [0.1, 0.15) is 23.4 Å². The van der Waals surface area contributed by atoms with Gasteiger partial charge in [0.25, 0.3) is 5.56 Å². The average Bonchev–Trinajstić information content (AvgIpc) is 3.13. The summed E-state index contributed by atoms with van der Waals surface area (Å²) in [5.41, 5.74) is -0.431. The molecule has 17 heteroatoms. The Labute approximate surface area is 290 Å².